The van der Waals surface area contributed by atoms with Crippen LogP contribution in [0.3, 0.4) is 0 Å². The molecule has 2 aromatic carbocycles. The first-order chi connectivity index (χ1) is 9.68. The summed E-state index contributed by atoms with van der Waals surface area (Å²) in [5.41, 5.74) is 1.68. The Morgan fingerprint density at radius 3 is 1.90 bits per heavy atom. The molecule has 2 rings (SSSR count). The van der Waals surface area contributed by atoms with E-state index in [1.165, 1.54) is 0 Å². The first-order valence-electron chi connectivity index (χ1n) is 6.57. The van der Waals surface area contributed by atoms with Gasteiger partial charge in [-0.1, -0.05) is 32.9 Å². The van der Waals surface area contributed by atoms with Gasteiger partial charge in [0, 0.05) is 9.26 Å². The van der Waals surface area contributed by atoms with E-state index in [0.717, 1.165) is 9.13 Å². The van der Waals surface area contributed by atoms with Crippen molar-refractivity contribution in [1.29, 1.82) is 0 Å². The number of nitrogens with one attached hydrogen (secondary N) is 1. The van der Waals surface area contributed by atoms with Crippen LogP contribution in [-0.2, 0) is 15.4 Å². The van der Waals surface area contributed by atoms with E-state index >= 15 is 0 Å². The number of hydrogen-bond acceptors (Lipinski definition) is 2. The standard InChI is InChI=1S/C16H18INO2S/c1-16(2,3)12-4-10-15(11-5-12)21(19,20)18-14-8-6-13(17)7-9-14/h4-11,18H,1-3H3. The van der Waals surface area contributed by atoms with Crippen LogP contribution in [0.15, 0.2) is 53.4 Å². The van der Waals surface area contributed by atoms with Crippen molar-refractivity contribution in [2.75, 3.05) is 4.72 Å². The molecule has 0 aliphatic carbocycles. The fraction of sp³-hybridized carbons (Fsp3) is 0.250. The first-order valence-corrected chi connectivity index (χ1v) is 9.14. The molecule has 0 radical (unpaired) electrons. The molecular formula is C16H18INO2S. The highest BCUT2D eigenvalue weighted by Gasteiger charge is 2.17. The molecule has 0 unspecified atom stereocenters. The Labute approximate surface area is 140 Å². The summed E-state index contributed by atoms with van der Waals surface area (Å²) >= 11 is 2.18. The summed E-state index contributed by atoms with van der Waals surface area (Å²) in [6, 6.07) is 14.3. The zero-order chi connectivity index (χ0) is 15.7. The second-order valence-corrected chi connectivity index (χ2v) is 8.81. The van der Waals surface area contributed by atoms with Gasteiger partial charge in [0.05, 0.1) is 4.90 Å². The highest BCUT2D eigenvalue weighted by molar-refractivity contribution is 14.1. The van der Waals surface area contributed by atoms with Crippen molar-refractivity contribution in [3.05, 3.63) is 57.7 Å². The number of hydrogen-bond donors (Lipinski definition) is 1. The largest absolute Gasteiger partial charge is 0.280 e. The van der Waals surface area contributed by atoms with Crippen LogP contribution in [0.4, 0.5) is 5.69 Å². The van der Waals surface area contributed by atoms with E-state index in [1.54, 1.807) is 24.3 Å². The van der Waals surface area contributed by atoms with Crippen molar-refractivity contribution >= 4 is 38.3 Å². The average Bonchev–Trinajstić information content (AvgIpc) is 2.40. The SMILES string of the molecule is CC(C)(C)c1ccc(S(=O)(=O)Nc2ccc(I)cc2)cc1. The zero-order valence-corrected chi connectivity index (χ0v) is 15.2. The molecule has 2 aromatic rings. The van der Waals surface area contributed by atoms with Crippen LogP contribution in [0, 0.1) is 3.57 Å². The lowest BCUT2D eigenvalue weighted by atomic mass is 9.87. The van der Waals surface area contributed by atoms with Gasteiger partial charge in [-0.05, 0) is 70.0 Å². The highest BCUT2D eigenvalue weighted by atomic mass is 127. The molecule has 0 heterocycles. The monoisotopic (exact) mass is 415 g/mol. The van der Waals surface area contributed by atoms with Crippen LogP contribution >= 0.6 is 22.6 Å². The predicted molar refractivity (Wildman–Crippen MR) is 95.1 cm³/mol. The van der Waals surface area contributed by atoms with Crippen molar-refractivity contribution < 1.29 is 8.42 Å². The number of rotatable bonds is 3. The molecule has 0 fully saturated rings. The maximum absolute atomic E-state index is 12.3. The van der Waals surface area contributed by atoms with Crippen molar-refractivity contribution in [1.82, 2.24) is 0 Å². The van der Waals surface area contributed by atoms with E-state index in [0.29, 0.717) is 5.69 Å². The van der Waals surface area contributed by atoms with Crippen molar-refractivity contribution in [2.45, 2.75) is 31.1 Å². The van der Waals surface area contributed by atoms with Crippen LogP contribution in [0.1, 0.15) is 26.3 Å². The van der Waals surface area contributed by atoms with E-state index < -0.39 is 10.0 Å². The molecule has 3 nitrogen and oxygen atoms in total. The molecule has 112 valence electrons. The van der Waals surface area contributed by atoms with Gasteiger partial charge >= 0.3 is 0 Å². The summed E-state index contributed by atoms with van der Waals surface area (Å²) in [5.74, 6) is 0. The number of sulfonamides is 1. The molecule has 0 atom stereocenters. The first kappa shape index (κ1) is 16.3. The third-order valence-electron chi connectivity index (χ3n) is 3.13. The Morgan fingerprint density at radius 1 is 0.905 bits per heavy atom. The van der Waals surface area contributed by atoms with Crippen LogP contribution in [0.5, 0.6) is 0 Å². The van der Waals surface area contributed by atoms with Gasteiger partial charge in [-0.3, -0.25) is 4.72 Å². The van der Waals surface area contributed by atoms with Gasteiger partial charge in [-0.25, -0.2) is 8.42 Å². The minimum atomic E-state index is -3.54. The Bertz CT molecular complexity index is 714. The second-order valence-electron chi connectivity index (χ2n) is 5.89. The zero-order valence-electron chi connectivity index (χ0n) is 12.2. The van der Waals surface area contributed by atoms with Gasteiger partial charge in [-0.2, -0.15) is 0 Å². The summed E-state index contributed by atoms with van der Waals surface area (Å²) < 4.78 is 28.3. The van der Waals surface area contributed by atoms with Crippen LogP contribution in [0.2, 0.25) is 0 Å². The van der Waals surface area contributed by atoms with Crippen LogP contribution in [0.25, 0.3) is 0 Å². The normalized spacial score (nSPS) is 12.2. The maximum atomic E-state index is 12.3. The number of halogens is 1. The average molecular weight is 415 g/mol. The fourth-order valence-corrected chi connectivity index (χ4v) is 3.28. The minimum Gasteiger partial charge on any atom is -0.280 e. The van der Waals surface area contributed by atoms with Crippen molar-refractivity contribution in [2.24, 2.45) is 0 Å². The quantitative estimate of drug-likeness (QED) is 0.756. The molecule has 1 N–H and O–H groups in total. The maximum Gasteiger partial charge on any atom is 0.261 e. The lowest BCUT2D eigenvalue weighted by molar-refractivity contribution is 0.587. The molecule has 0 aromatic heterocycles. The van der Waals surface area contributed by atoms with Gasteiger partial charge in [0.15, 0.2) is 0 Å². The summed E-state index contributed by atoms with van der Waals surface area (Å²) in [6.45, 7) is 6.29. The third kappa shape index (κ3) is 4.20. The van der Waals surface area contributed by atoms with Crippen LogP contribution in [-0.4, -0.2) is 8.42 Å². The molecule has 0 aliphatic heterocycles. The van der Waals surface area contributed by atoms with E-state index in [1.807, 2.05) is 24.3 Å². The molecule has 0 aliphatic rings. The van der Waals surface area contributed by atoms with Gasteiger partial charge in [0.2, 0.25) is 0 Å². The molecule has 0 amide bonds. The Morgan fingerprint density at radius 2 is 1.43 bits per heavy atom. The lowest BCUT2D eigenvalue weighted by Gasteiger charge is -2.19. The third-order valence-corrected chi connectivity index (χ3v) is 5.24. The Kier molecular flexibility index (Phi) is 4.63. The predicted octanol–water partition coefficient (Wildman–Crippen LogP) is 4.39. The van der Waals surface area contributed by atoms with E-state index in [-0.39, 0.29) is 10.3 Å². The van der Waals surface area contributed by atoms with E-state index in [9.17, 15) is 8.42 Å². The molecule has 0 saturated carbocycles. The van der Waals surface area contributed by atoms with E-state index in [2.05, 4.69) is 48.1 Å². The Balaban J connectivity index is 2.25. The summed E-state index contributed by atoms with van der Waals surface area (Å²) in [5, 5.41) is 0. The van der Waals surface area contributed by atoms with Gasteiger partial charge in [-0.15, -0.1) is 0 Å². The molecule has 0 spiro atoms. The fourth-order valence-electron chi connectivity index (χ4n) is 1.87. The number of anilines is 1. The minimum absolute atomic E-state index is 0.00579. The van der Waals surface area contributed by atoms with Gasteiger partial charge < -0.3 is 0 Å². The molecule has 21 heavy (non-hydrogen) atoms. The molecule has 0 saturated heterocycles. The molecule has 5 heteroatoms. The summed E-state index contributed by atoms with van der Waals surface area (Å²) in [6.07, 6.45) is 0. The van der Waals surface area contributed by atoms with E-state index in [4.69, 9.17) is 0 Å². The second kappa shape index (κ2) is 5.96. The Hall–Kier alpha value is -1.08. The molecule has 0 bridgehead atoms. The summed E-state index contributed by atoms with van der Waals surface area (Å²) in [7, 11) is -3.54. The van der Waals surface area contributed by atoms with Gasteiger partial charge in [0.1, 0.15) is 0 Å². The van der Waals surface area contributed by atoms with Crippen LogP contribution < -0.4 is 4.72 Å². The smallest absolute Gasteiger partial charge is 0.261 e. The lowest BCUT2D eigenvalue weighted by Crippen LogP contribution is -2.14. The highest BCUT2D eigenvalue weighted by Crippen LogP contribution is 2.24. The van der Waals surface area contributed by atoms with Crippen molar-refractivity contribution in [3.8, 4) is 0 Å². The summed E-state index contributed by atoms with van der Waals surface area (Å²) in [4.78, 5) is 0.272. The van der Waals surface area contributed by atoms with Crippen molar-refractivity contribution in [3.63, 3.8) is 0 Å². The molecular weight excluding hydrogens is 397 g/mol. The topological polar surface area (TPSA) is 46.2 Å². The van der Waals surface area contributed by atoms with Gasteiger partial charge in [0.25, 0.3) is 10.0 Å². The number of benzene rings is 2.